The van der Waals surface area contributed by atoms with Gasteiger partial charge < -0.3 is 4.57 Å². The third kappa shape index (κ3) is 2.98. The number of aromatic nitrogens is 2. The van der Waals surface area contributed by atoms with Gasteiger partial charge in [0.1, 0.15) is 5.69 Å². The average molecular weight is 358 g/mol. The van der Waals surface area contributed by atoms with Gasteiger partial charge in [0.25, 0.3) is 0 Å². The van der Waals surface area contributed by atoms with Crippen LogP contribution in [0, 0.1) is 45.0 Å². The molecule has 5 nitrogen and oxygen atoms in total. The molecule has 1 aliphatic rings. The Labute approximate surface area is 160 Å². The molecule has 5 heteroatoms. The van der Waals surface area contributed by atoms with Crippen molar-refractivity contribution < 1.29 is 4.79 Å². The van der Waals surface area contributed by atoms with E-state index in [0.29, 0.717) is 17.3 Å². The van der Waals surface area contributed by atoms with Crippen LogP contribution in [0.4, 0.5) is 10.6 Å². The van der Waals surface area contributed by atoms with E-state index >= 15 is 0 Å². The van der Waals surface area contributed by atoms with E-state index < -0.39 is 0 Å². The monoisotopic (exact) mass is 358 g/mol. The maximum Gasteiger partial charge on any atom is 0.330 e. The average Bonchev–Trinajstić information content (AvgIpc) is 2.95. The van der Waals surface area contributed by atoms with Crippen molar-refractivity contribution in [3.8, 4) is 24.2 Å². The van der Waals surface area contributed by atoms with Gasteiger partial charge in [-0.25, -0.2) is 9.78 Å². The summed E-state index contributed by atoms with van der Waals surface area (Å²) in [6, 6.07) is 3.98. The maximum absolute atomic E-state index is 12.5. The molecule has 0 unspecified atom stereocenters. The summed E-state index contributed by atoms with van der Waals surface area (Å²) in [7, 11) is 3.54. The Bertz CT molecular complexity index is 1070. The van der Waals surface area contributed by atoms with Gasteiger partial charge in [-0.15, -0.1) is 6.42 Å². The van der Waals surface area contributed by atoms with Crippen molar-refractivity contribution in [1.29, 1.82) is 0 Å². The van der Waals surface area contributed by atoms with Crippen LogP contribution < -0.4 is 4.90 Å². The number of carbonyl (C=O) groups excluding carboxylic acids is 1. The van der Waals surface area contributed by atoms with Crippen molar-refractivity contribution in [1.82, 2.24) is 14.5 Å². The van der Waals surface area contributed by atoms with Gasteiger partial charge >= 0.3 is 6.03 Å². The lowest BCUT2D eigenvalue weighted by atomic mass is 10.0. The summed E-state index contributed by atoms with van der Waals surface area (Å²) < 4.78 is 1.85. The molecule has 0 bridgehead atoms. The highest BCUT2D eigenvalue weighted by molar-refractivity contribution is 6.02. The Morgan fingerprint density at radius 2 is 1.78 bits per heavy atom. The van der Waals surface area contributed by atoms with Crippen molar-refractivity contribution in [2.45, 2.75) is 20.8 Å². The third-order valence-corrected chi connectivity index (χ3v) is 4.91. The summed E-state index contributed by atoms with van der Waals surface area (Å²) in [5.74, 6) is 9.97. The molecule has 0 saturated carbocycles. The molecule has 1 aliphatic heterocycles. The number of amides is 2. The van der Waals surface area contributed by atoms with Crippen LogP contribution in [0.5, 0.6) is 0 Å². The fraction of sp³-hybridized carbons (Fsp3) is 0.273. The van der Waals surface area contributed by atoms with Crippen LogP contribution in [-0.4, -0.2) is 34.1 Å². The minimum Gasteiger partial charge on any atom is -0.317 e. The second kappa shape index (κ2) is 6.70. The van der Waals surface area contributed by atoms with Gasteiger partial charge in [-0.3, -0.25) is 9.80 Å². The molecule has 2 amide bonds. The van der Waals surface area contributed by atoms with Crippen molar-refractivity contribution >= 4 is 17.5 Å². The number of carbonyl (C=O) groups is 1. The van der Waals surface area contributed by atoms with E-state index in [-0.39, 0.29) is 12.6 Å². The molecule has 2 heterocycles. The number of urea groups is 1. The van der Waals surface area contributed by atoms with E-state index in [1.807, 2.05) is 18.5 Å². The lowest BCUT2D eigenvalue weighted by Gasteiger charge is -2.32. The number of fused-ring (bicyclic) bond motifs is 1. The van der Waals surface area contributed by atoms with Crippen LogP contribution in [0.15, 0.2) is 18.7 Å². The van der Waals surface area contributed by atoms with Gasteiger partial charge in [0, 0.05) is 19.7 Å². The predicted molar refractivity (Wildman–Crippen MR) is 108 cm³/mol. The zero-order valence-electron chi connectivity index (χ0n) is 16.3. The Morgan fingerprint density at radius 1 is 1.11 bits per heavy atom. The van der Waals surface area contributed by atoms with Crippen LogP contribution in [0.1, 0.15) is 33.8 Å². The highest BCUT2D eigenvalue weighted by Gasteiger charge is 2.34. The van der Waals surface area contributed by atoms with Gasteiger partial charge in [0.2, 0.25) is 0 Å². The van der Waals surface area contributed by atoms with Crippen molar-refractivity contribution in [3.63, 3.8) is 0 Å². The second-order valence-corrected chi connectivity index (χ2v) is 6.75. The standard InChI is InChI=1S/C22H22N4O/c1-8-11-26-17(5)20-21(25(7)22(26)27)23-19(24(20)6)10-9-18-13-15(3)14(2)12-16(18)4/h1,12-13H,5,11H2,2-4,6-7H3. The molecule has 0 aliphatic carbocycles. The molecular weight excluding hydrogens is 336 g/mol. The van der Waals surface area contributed by atoms with Crippen LogP contribution in [0.3, 0.4) is 0 Å². The van der Waals surface area contributed by atoms with Gasteiger partial charge in [0.15, 0.2) is 11.6 Å². The fourth-order valence-corrected chi connectivity index (χ4v) is 3.14. The quantitative estimate of drug-likeness (QED) is 0.735. The van der Waals surface area contributed by atoms with Gasteiger partial charge in [-0.2, -0.15) is 0 Å². The number of rotatable bonds is 1. The number of terminal acetylenes is 1. The fourth-order valence-electron chi connectivity index (χ4n) is 3.14. The number of nitrogens with zero attached hydrogens (tertiary/aromatic N) is 4. The van der Waals surface area contributed by atoms with Crippen molar-refractivity contribution in [3.05, 3.63) is 52.5 Å². The molecule has 0 saturated heterocycles. The zero-order chi connectivity index (χ0) is 19.9. The first-order chi connectivity index (χ1) is 12.8. The van der Waals surface area contributed by atoms with E-state index in [0.717, 1.165) is 16.8 Å². The molecule has 1 aromatic carbocycles. The van der Waals surface area contributed by atoms with Crippen molar-refractivity contribution in [2.24, 2.45) is 7.05 Å². The molecule has 0 radical (unpaired) electrons. The van der Waals surface area contributed by atoms with Crippen LogP contribution in [-0.2, 0) is 7.05 Å². The minimum atomic E-state index is -0.243. The van der Waals surface area contributed by atoms with Crippen LogP contribution >= 0.6 is 0 Å². The van der Waals surface area contributed by atoms with Crippen LogP contribution in [0.25, 0.3) is 5.70 Å². The molecule has 0 N–H and O–H groups in total. The minimum absolute atomic E-state index is 0.162. The van der Waals surface area contributed by atoms with Gasteiger partial charge in [-0.05, 0) is 49.4 Å². The summed E-state index contributed by atoms with van der Waals surface area (Å²) in [5.41, 5.74) is 5.82. The first kappa shape index (κ1) is 18.4. The Kier molecular flexibility index (Phi) is 4.56. The SMILES string of the molecule is C#CCN1C(=C)c2c(nc(C#Cc3cc(C)c(C)cc3C)n2C)N(C)C1=O. The highest BCUT2D eigenvalue weighted by Crippen LogP contribution is 2.33. The number of hydrogen-bond donors (Lipinski definition) is 0. The summed E-state index contributed by atoms with van der Waals surface area (Å²) in [6.45, 7) is 10.4. The van der Waals surface area contributed by atoms with Crippen molar-refractivity contribution in [2.75, 3.05) is 18.5 Å². The number of benzene rings is 1. The van der Waals surface area contributed by atoms with Crippen LogP contribution in [0.2, 0.25) is 0 Å². The third-order valence-electron chi connectivity index (χ3n) is 4.91. The Balaban J connectivity index is 2.07. The molecule has 0 fully saturated rings. The zero-order valence-corrected chi connectivity index (χ0v) is 16.3. The molecule has 2 aromatic rings. The van der Waals surface area contributed by atoms with E-state index in [1.54, 1.807) is 7.05 Å². The second-order valence-electron chi connectivity index (χ2n) is 6.75. The largest absolute Gasteiger partial charge is 0.330 e. The predicted octanol–water partition coefficient (Wildman–Crippen LogP) is 3.22. The Hall–Kier alpha value is -3.44. The molecule has 1 aromatic heterocycles. The van der Waals surface area contributed by atoms with E-state index in [4.69, 9.17) is 6.42 Å². The first-order valence-corrected chi connectivity index (χ1v) is 8.60. The molecule has 0 atom stereocenters. The van der Waals surface area contributed by atoms with E-state index in [1.165, 1.54) is 20.9 Å². The smallest absolute Gasteiger partial charge is 0.317 e. The number of imidazole rings is 1. The topological polar surface area (TPSA) is 41.4 Å². The van der Waals surface area contributed by atoms with E-state index in [9.17, 15) is 4.79 Å². The number of aryl methyl sites for hydroxylation is 3. The summed E-state index contributed by atoms with van der Waals surface area (Å²) in [6.07, 6.45) is 5.39. The van der Waals surface area contributed by atoms with E-state index in [2.05, 4.69) is 55.3 Å². The first-order valence-electron chi connectivity index (χ1n) is 8.60. The molecule has 27 heavy (non-hydrogen) atoms. The molecular formula is C22H22N4O. The maximum atomic E-state index is 12.5. The molecule has 136 valence electrons. The van der Waals surface area contributed by atoms with Gasteiger partial charge in [0.05, 0.1) is 12.2 Å². The summed E-state index contributed by atoms with van der Waals surface area (Å²) in [5, 5.41) is 0. The summed E-state index contributed by atoms with van der Waals surface area (Å²) >= 11 is 0. The normalized spacial score (nSPS) is 13.2. The lowest BCUT2D eigenvalue weighted by molar-refractivity contribution is 0.228. The van der Waals surface area contributed by atoms with Gasteiger partial charge in [-0.1, -0.05) is 24.5 Å². The lowest BCUT2D eigenvalue weighted by Crippen LogP contribution is -2.44. The summed E-state index contributed by atoms with van der Waals surface area (Å²) in [4.78, 5) is 20.0. The Morgan fingerprint density at radius 3 is 2.44 bits per heavy atom. The number of anilines is 1. The molecule has 3 rings (SSSR count). The molecule has 0 spiro atoms. The highest BCUT2D eigenvalue weighted by atomic mass is 16.2. The number of hydrogen-bond acceptors (Lipinski definition) is 2.